The molecule has 0 aromatic heterocycles. The Hall–Kier alpha value is -1.86. The normalized spacial score (nSPS) is 22.4. The number of hydrogen-bond donors (Lipinski definition) is 1. The van der Waals surface area contributed by atoms with E-state index in [2.05, 4.69) is 5.32 Å². The van der Waals surface area contributed by atoms with E-state index in [-0.39, 0.29) is 18.4 Å². The lowest BCUT2D eigenvalue weighted by Gasteiger charge is -2.33. The third-order valence-corrected chi connectivity index (χ3v) is 6.19. The minimum atomic E-state index is -0.177. The molecule has 1 aliphatic carbocycles. The largest absolute Gasteiger partial charge is 0.482 e. The highest BCUT2D eigenvalue weighted by atomic mass is 32.2. The molecule has 2 heterocycles. The molecule has 1 N–H and O–H groups in total. The number of anilines is 1. The molecule has 5 nitrogen and oxygen atoms in total. The highest BCUT2D eigenvalue weighted by Gasteiger charge is 2.29. The van der Waals surface area contributed by atoms with Crippen LogP contribution in [-0.4, -0.2) is 29.3 Å². The Morgan fingerprint density at radius 3 is 2.81 bits per heavy atom. The average Bonchev–Trinajstić information content (AvgIpc) is 2.95. The van der Waals surface area contributed by atoms with Gasteiger partial charge in [0, 0.05) is 6.54 Å². The van der Waals surface area contributed by atoms with E-state index in [1.54, 1.807) is 6.08 Å². The summed E-state index contributed by atoms with van der Waals surface area (Å²) >= 11 is 6.29. The average molecular weight is 389 g/mol. The third-order valence-electron chi connectivity index (χ3n) is 5.03. The van der Waals surface area contributed by atoms with Crippen molar-refractivity contribution in [1.82, 2.24) is 5.32 Å². The Morgan fingerprint density at radius 2 is 2.08 bits per heavy atom. The van der Waals surface area contributed by atoms with Crippen LogP contribution >= 0.6 is 24.0 Å². The molecule has 3 aliphatic rings. The second-order valence-corrected chi connectivity index (χ2v) is 8.60. The number of thioether (sulfide) groups is 1. The molecule has 0 radical (unpaired) electrons. The van der Waals surface area contributed by atoms with E-state index < -0.39 is 0 Å². The number of rotatable bonds is 3. The zero-order valence-corrected chi connectivity index (χ0v) is 16.0. The molecule has 0 bridgehead atoms. The molecule has 0 spiro atoms. The Balaban J connectivity index is 1.61. The number of nitrogens with one attached hydrogen (secondary N) is 1. The predicted octanol–water partition coefficient (Wildman–Crippen LogP) is 3.48. The first kappa shape index (κ1) is 17.5. The van der Waals surface area contributed by atoms with Crippen molar-refractivity contribution < 1.29 is 14.3 Å². The summed E-state index contributed by atoms with van der Waals surface area (Å²) in [6.45, 7) is 0.835. The van der Waals surface area contributed by atoms with Crippen LogP contribution in [0.15, 0.2) is 23.1 Å². The minimum Gasteiger partial charge on any atom is -0.482 e. The van der Waals surface area contributed by atoms with Crippen LogP contribution in [-0.2, 0) is 9.59 Å². The van der Waals surface area contributed by atoms with Gasteiger partial charge in [0.2, 0.25) is 0 Å². The molecule has 2 fully saturated rings. The summed E-state index contributed by atoms with van der Waals surface area (Å²) in [6.07, 6.45) is 7.94. The lowest BCUT2D eigenvalue weighted by molar-refractivity contribution is -0.121. The van der Waals surface area contributed by atoms with Crippen molar-refractivity contribution >= 4 is 51.9 Å². The van der Waals surface area contributed by atoms with Gasteiger partial charge < -0.3 is 15.0 Å². The fourth-order valence-corrected chi connectivity index (χ4v) is 4.75. The number of fused-ring (bicyclic) bond motifs is 1. The zero-order valence-electron chi connectivity index (χ0n) is 14.3. The van der Waals surface area contributed by atoms with Crippen molar-refractivity contribution in [3.05, 3.63) is 28.7 Å². The second kappa shape index (κ2) is 7.40. The van der Waals surface area contributed by atoms with Crippen molar-refractivity contribution in [2.45, 2.75) is 32.1 Å². The second-order valence-electron chi connectivity index (χ2n) is 6.88. The first-order valence-electron chi connectivity index (χ1n) is 8.92. The number of ether oxygens (including phenoxy) is 1. The summed E-state index contributed by atoms with van der Waals surface area (Å²) in [5.74, 6) is 1.10. The van der Waals surface area contributed by atoms with Crippen LogP contribution in [0, 0.1) is 5.92 Å². The molecular formula is C19H20N2O3S2. The first-order valence-corrected chi connectivity index (χ1v) is 10.1. The van der Waals surface area contributed by atoms with Crippen LogP contribution in [0.5, 0.6) is 5.75 Å². The Kier molecular flexibility index (Phi) is 5.00. The Morgan fingerprint density at radius 1 is 1.27 bits per heavy atom. The van der Waals surface area contributed by atoms with Gasteiger partial charge in [0.25, 0.3) is 11.8 Å². The van der Waals surface area contributed by atoms with E-state index in [9.17, 15) is 9.59 Å². The van der Waals surface area contributed by atoms with E-state index in [4.69, 9.17) is 17.0 Å². The van der Waals surface area contributed by atoms with E-state index >= 15 is 0 Å². The number of benzene rings is 1. The highest BCUT2D eigenvalue weighted by Crippen LogP contribution is 2.36. The standard InChI is InChI=1S/C19H20N2O3S2/c22-17-11-24-15-7-6-13(9-16-18(23)20-19(25)26-16)8-14(15)21(17)10-12-4-2-1-3-5-12/h6-9,12H,1-5,10-11H2,(H,20,23,25)/b16-9+. The quantitative estimate of drug-likeness (QED) is 0.635. The summed E-state index contributed by atoms with van der Waals surface area (Å²) in [5.41, 5.74) is 1.66. The van der Waals surface area contributed by atoms with Gasteiger partial charge in [0.05, 0.1) is 10.6 Å². The van der Waals surface area contributed by atoms with Gasteiger partial charge in [0.1, 0.15) is 10.1 Å². The van der Waals surface area contributed by atoms with Gasteiger partial charge in [-0.15, -0.1) is 0 Å². The van der Waals surface area contributed by atoms with Crippen molar-refractivity contribution in [2.75, 3.05) is 18.1 Å². The summed E-state index contributed by atoms with van der Waals surface area (Å²) in [4.78, 5) is 26.8. The van der Waals surface area contributed by atoms with Crippen LogP contribution in [0.25, 0.3) is 6.08 Å². The van der Waals surface area contributed by atoms with Gasteiger partial charge in [-0.1, -0.05) is 49.3 Å². The van der Waals surface area contributed by atoms with Crippen molar-refractivity contribution in [3.8, 4) is 5.75 Å². The number of nitrogens with zero attached hydrogens (tertiary/aromatic N) is 1. The molecule has 26 heavy (non-hydrogen) atoms. The van der Waals surface area contributed by atoms with Crippen LogP contribution in [0.3, 0.4) is 0 Å². The molecule has 2 aliphatic heterocycles. The smallest absolute Gasteiger partial charge is 0.265 e. The topological polar surface area (TPSA) is 58.6 Å². The van der Waals surface area contributed by atoms with Gasteiger partial charge in [-0.05, 0) is 42.5 Å². The van der Waals surface area contributed by atoms with Crippen molar-refractivity contribution in [2.24, 2.45) is 5.92 Å². The van der Waals surface area contributed by atoms with E-state index in [0.717, 1.165) is 23.5 Å². The number of carbonyl (C=O) groups is 2. The number of amides is 2. The molecule has 1 aromatic carbocycles. The molecule has 4 rings (SSSR count). The zero-order chi connectivity index (χ0) is 18.1. The molecule has 1 saturated heterocycles. The van der Waals surface area contributed by atoms with Gasteiger partial charge >= 0.3 is 0 Å². The van der Waals surface area contributed by atoms with Gasteiger partial charge in [-0.3, -0.25) is 9.59 Å². The fourth-order valence-electron chi connectivity index (χ4n) is 3.71. The Bertz CT molecular complexity index is 800. The molecule has 1 saturated carbocycles. The number of hydrogen-bond acceptors (Lipinski definition) is 5. The lowest BCUT2D eigenvalue weighted by Crippen LogP contribution is -2.42. The number of thiocarbonyl (C=S) groups is 1. The fraction of sp³-hybridized carbons (Fsp3) is 0.421. The van der Waals surface area contributed by atoms with Crippen LogP contribution < -0.4 is 15.0 Å². The van der Waals surface area contributed by atoms with Gasteiger partial charge in [-0.2, -0.15) is 0 Å². The van der Waals surface area contributed by atoms with Gasteiger partial charge in [0.15, 0.2) is 6.61 Å². The van der Waals surface area contributed by atoms with Crippen molar-refractivity contribution in [3.63, 3.8) is 0 Å². The molecule has 7 heteroatoms. The Labute approximate surface area is 162 Å². The van der Waals surface area contributed by atoms with Crippen LogP contribution in [0.1, 0.15) is 37.7 Å². The third kappa shape index (κ3) is 3.64. The molecule has 0 atom stereocenters. The van der Waals surface area contributed by atoms with Crippen LogP contribution in [0.2, 0.25) is 0 Å². The maximum atomic E-state index is 12.5. The number of carbonyl (C=O) groups excluding carboxylic acids is 2. The molecule has 1 aromatic rings. The monoisotopic (exact) mass is 388 g/mol. The molecule has 136 valence electrons. The van der Waals surface area contributed by atoms with E-state index in [0.29, 0.717) is 15.1 Å². The lowest BCUT2D eigenvalue weighted by atomic mass is 9.88. The molecular weight excluding hydrogens is 368 g/mol. The molecule has 2 amide bonds. The minimum absolute atomic E-state index is 0.00189. The highest BCUT2D eigenvalue weighted by molar-refractivity contribution is 8.26. The summed E-state index contributed by atoms with van der Waals surface area (Å²) in [7, 11) is 0. The summed E-state index contributed by atoms with van der Waals surface area (Å²) < 4.78 is 6.07. The van der Waals surface area contributed by atoms with Gasteiger partial charge in [-0.25, -0.2) is 0 Å². The summed E-state index contributed by atoms with van der Waals surface area (Å²) in [6, 6.07) is 5.70. The van der Waals surface area contributed by atoms with Crippen LogP contribution in [0.4, 0.5) is 5.69 Å². The van der Waals surface area contributed by atoms with E-state index in [1.165, 1.54) is 43.9 Å². The van der Waals surface area contributed by atoms with Crippen molar-refractivity contribution in [1.29, 1.82) is 0 Å². The first-order chi connectivity index (χ1) is 12.6. The van der Waals surface area contributed by atoms with E-state index in [1.807, 2.05) is 23.1 Å². The predicted molar refractivity (Wildman–Crippen MR) is 107 cm³/mol. The summed E-state index contributed by atoms with van der Waals surface area (Å²) in [5, 5.41) is 2.62. The maximum absolute atomic E-state index is 12.5. The SMILES string of the molecule is O=C1NC(=S)S/C1=C/c1ccc2c(c1)N(CC1CCCCC1)C(=O)CO2. The maximum Gasteiger partial charge on any atom is 0.265 e. The molecule has 0 unspecified atom stereocenters.